The standard InChI is InChI=1S/C19H20FNO5S2/c1-13-4-6-14(7-5-13)28(25,26)19(10-3-11-19)18(22)21-17-12-15(27(2,23)24)8-9-16(17)20/h4-9,12H,3,10-11H2,1-2H3,(H,21,22). The zero-order valence-corrected chi connectivity index (χ0v) is 17.0. The minimum atomic E-state index is -4.00. The van der Waals surface area contributed by atoms with E-state index >= 15 is 0 Å². The molecule has 1 aliphatic carbocycles. The molecule has 1 aliphatic rings. The van der Waals surface area contributed by atoms with Crippen molar-refractivity contribution < 1.29 is 26.0 Å². The Balaban J connectivity index is 1.98. The number of halogens is 1. The highest BCUT2D eigenvalue weighted by molar-refractivity contribution is 7.93. The van der Waals surface area contributed by atoms with E-state index in [4.69, 9.17) is 0 Å². The Morgan fingerprint density at radius 3 is 2.07 bits per heavy atom. The molecule has 0 spiro atoms. The molecule has 0 heterocycles. The van der Waals surface area contributed by atoms with Crippen LogP contribution in [0.2, 0.25) is 0 Å². The van der Waals surface area contributed by atoms with Gasteiger partial charge >= 0.3 is 0 Å². The van der Waals surface area contributed by atoms with Gasteiger partial charge in [-0.2, -0.15) is 0 Å². The maximum atomic E-state index is 14.1. The monoisotopic (exact) mass is 425 g/mol. The highest BCUT2D eigenvalue weighted by atomic mass is 32.2. The van der Waals surface area contributed by atoms with Gasteiger partial charge in [0.1, 0.15) is 5.82 Å². The Kier molecular flexibility index (Phi) is 5.09. The summed E-state index contributed by atoms with van der Waals surface area (Å²) < 4.78 is 62.1. The van der Waals surface area contributed by atoms with Crippen LogP contribution in [0.3, 0.4) is 0 Å². The molecule has 0 radical (unpaired) electrons. The van der Waals surface area contributed by atoms with Gasteiger partial charge in [0.05, 0.1) is 15.5 Å². The van der Waals surface area contributed by atoms with Crippen molar-refractivity contribution in [3.63, 3.8) is 0 Å². The van der Waals surface area contributed by atoms with E-state index in [1.165, 1.54) is 12.1 Å². The fraction of sp³-hybridized carbons (Fsp3) is 0.316. The van der Waals surface area contributed by atoms with Crippen molar-refractivity contribution in [2.45, 2.75) is 40.7 Å². The number of sulfone groups is 2. The predicted octanol–water partition coefficient (Wildman–Crippen LogP) is 2.87. The van der Waals surface area contributed by atoms with E-state index in [0.717, 1.165) is 30.0 Å². The molecule has 0 saturated heterocycles. The average Bonchev–Trinajstić information content (AvgIpc) is 2.55. The lowest BCUT2D eigenvalue weighted by molar-refractivity contribution is -0.120. The van der Waals surface area contributed by atoms with Crippen LogP contribution in [-0.4, -0.2) is 33.7 Å². The smallest absolute Gasteiger partial charge is 0.246 e. The van der Waals surface area contributed by atoms with Gasteiger partial charge in [0, 0.05) is 6.26 Å². The number of nitrogens with one attached hydrogen (secondary N) is 1. The number of aryl methyl sites for hydroxylation is 1. The van der Waals surface area contributed by atoms with Crippen molar-refractivity contribution in [3.8, 4) is 0 Å². The van der Waals surface area contributed by atoms with E-state index in [2.05, 4.69) is 5.32 Å². The first-order valence-corrected chi connectivity index (χ1v) is 12.0. The van der Waals surface area contributed by atoms with Gasteiger partial charge in [-0.05, 0) is 56.5 Å². The van der Waals surface area contributed by atoms with E-state index in [0.29, 0.717) is 6.42 Å². The lowest BCUT2D eigenvalue weighted by Crippen LogP contribution is -2.54. The molecule has 2 aromatic rings. The van der Waals surface area contributed by atoms with Gasteiger partial charge < -0.3 is 5.32 Å². The minimum Gasteiger partial charge on any atom is -0.322 e. The van der Waals surface area contributed by atoms with Gasteiger partial charge in [-0.25, -0.2) is 21.2 Å². The van der Waals surface area contributed by atoms with Gasteiger partial charge in [0.25, 0.3) is 0 Å². The van der Waals surface area contributed by atoms with Crippen LogP contribution in [0.15, 0.2) is 52.3 Å². The lowest BCUT2D eigenvalue weighted by atomic mass is 9.83. The first-order valence-electron chi connectivity index (χ1n) is 8.60. The molecular formula is C19H20FNO5S2. The summed E-state index contributed by atoms with van der Waals surface area (Å²) in [5, 5.41) is 2.30. The van der Waals surface area contributed by atoms with Crippen LogP contribution < -0.4 is 5.32 Å². The van der Waals surface area contributed by atoms with E-state index < -0.39 is 36.1 Å². The van der Waals surface area contributed by atoms with E-state index in [1.807, 2.05) is 6.92 Å². The van der Waals surface area contributed by atoms with Crippen LogP contribution in [0, 0.1) is 12.7 Å². The molecule has 1 N–H and O–H groups in total. The molecule has 28 heavy (non-hydrogen) atoms. The third-order valence-electron chi connectivity index (χ3n) is 5.03. The maximum Gasteiger partial charge on any atom is 0.246 e. The molecule has 0 aliphatic heterocycles. The van der Waals surface area contributed by atoms with Crippen molar-refractivity contribution in [2.75, 3.05) is 11.6 Å². The molecule has 0 unspecified atom stereocenters. The molecule has 0 bridgehead atoms. The average molecular weight is 426 g/mol. The van der Waals surface area contributed by atoms with Crippen molar-refractivity contribution in [2.24, 2.45) is 0 Å². The van der Waals surface area contributed by atoms with E-state index in [1.54, 1.807) is 12.1 Å². The summed E-state index contributed by atoms with van der Waals surface area (Å²) in [6, 6.07) is 9.19. The van der Waals surface area contributed by atoms with Crippen molar-refractivity contribution in [3.05, 3.63) is 53.8 Å². The maximum absolute atomic E-state index is 14.1. The highest BCUT2D eigenvalue weighted by Crippen LogP contribution is 2.44. The summed E-state index contributed by atoms with van der Waals surface area (Å²) >= 11 is 0. The summed E-state index contributed by atoms with van der Waals surface area (Å²) in [6.45, 7) is 1.82. The summed E-state index contributed by atoms with van der Waals surface area (Å²) in [6.07, 6.45) is 1.73. The number of carbonyl (C=O) groups excluding carboxylic acids is 1. The van der Waals surface area contributed by atoms with Crippen molar-refractivity contribution >= 4 is 31.3 Å². The van der Waals surface area contributed by atoms with Crippen molar-refractivity contribution in [1.82, 2.24) is 0 Å². The SMILES string of the molecule is Cc1ccc(S(=O)(=O)C2(C(=O)Nc3cc(S(C)(=O)=O)ccc3F)CCC2)cc1. The van der Waals surface area contributed by atoms with Gasteiger partial charge in [-0.15, -0.1) is 0 Å². The molecule has 1 amide bonds. The quantitative estimate of drug-likeness (QED) is 0.743. The Bertz CT molecular complexity index is 1140. The van der Waals surface area contributed by atoms with Crippen LogP contribution in [0.5, 0.6) is 0 Å². The third-order valence-corrected chi connectivity index (χ3v) is 8.66. The highest BCUT2D eigenvalue weighted by Gasteiger charge is 2.55. The molecule has 1 saturated carbocycles. The molecule has 0 aromatic heterocycles. The molecule has 3 rings (SSSR count). The number of hydrogen-bond donors (Lipinski definition) is 1. The Labute approximate surface area is 163 Å². The number of anilines is 1. The second-order valence-electron chi connectivity index (χ2n) is 7.03. The normalized spacial score (nSPS) is 16.2. The first-order chi connectivity index (χ1) is 13.0. The van der Waals surface area contributed by atoms with Gasteiger partial charge in [0.2, 0.25) is 5.91 Å². The Morgan fingerprint density at radius 2 is 1.57 bits per heavy atom. The summed E-state index contributed by atoms with van der Waals surface area (Å²) in [7, 11) is -7.62. The topological polar surface area (TPSA) is 97.4 Å². The van der Waals surface area contributed by atoms with Gasteiger partial charge in [0.15, 0.2) is 24.4 Å². The number of rotatable bonds is 5. The molecule has 2 aromatic carbocycles. The van der Waals surface area contributed by atoms with Crippen LogP contribution in [0.25, 0.3) is 0 Å². The number of amides is 1. The first kappa shape index (κ1) is 20.5. The summed E-state index contributed by atoms with van der Waals surface area (Å²) in [5.41, 5.74) is 0.518. The predicted molar refractivity (Wildman–Crippen MR) is 103 cm³/mol. The van der Waals surface area contributed by atoms with Crippen LogP contribution in [-0.2, 0) is 24.5 Å². The third kappa shape index (κ3) is 3.44. The van der Waals surface area contributed by atoms with Gasteiger partial charge in [-0.1, -0.05) is 17.7 Å². The zero-order valence-electron chi connectivity index (χ0n) is 15.4. The second-order valence-corrected chi connectivity index (χ2v) is 11.3. The van der Waals surface area contributed by atoms with Crippen LogP contribution in [0.4, 0.5) is 10.1 Å². The van der Waals surface area contributed by atoms with Crippen LogP contribution in [0.1, 0.15) is 24.8 Å². The molecule has 150 valence electrons. The second kappa shape index (κ2) is 6.97. The Hall–Kier alpha value is -2.26. The van der Waals surface area contributed by atoms with E-state index in [-0.39, 0.29) is 28.3 Å². The van der Waals surface area contributed by atoms with Gasteiger partial charge in [-0.3, -0.25) is 4.79 Å². The molecule has 6 nitrogen and oxygen atoms in total. The number of benzene rings is 2. The van der Waals surface area contributed by atoms with E-state index in [9.17, 15) is 26.0 Å². The molecular weight excluding hydrogens is 405 g/mol. The summed E-state index contributed by atoms with van der Waals surface area (Å²) in [5.74, 6) is -1.70. The lowest BCUT2D eigenvalue weighted by Gasteiger charge is -2.39. The van der Waals surface area contributed by atoms with Crippen molar-refractivity contribution in [1.29, 1.82) is 0 Å². The molecule has 1 fully saturated rings. The summed E-state index contributed by atoms with van der Waals surface area (Å²) in [4.78, 5) is 12.8. The molecule has 0 atom stereocenters. The minimum absolute atomic E-state index is 0.0262. The van der Waals surface area contributed by atoms with Crippen LogP contribution >= 0.6 is 0 Å². The Morgan fingerprint density at radius 1 is 1.00 bits per heavy atom. The fourth-order valence-corrected chi connectivity index (χ4v) is 5.84. The number of hydrogen-bond acceptors (Lipinski definition) is 5. The zero-order chi connectivity index (χ0) is 20.7. The molecule has 9 heteroatoms. The fourth-order valence-electron chi connectivity index (χ4n) is 3.13. The number of carbonyl (C=O) groups is 1. The largest absolute Gasteiger partial charge is 0.322 e.